The lowest BCUT2D eigenvalue weighted by atomic mass is 10.1. The number of rotatable bonds is 7. The van der Waals surface area contributed by atoms with Crippen LogP contribution in [0.5, 0.6) is 11.5 Å². The lowest BCUT2D eigenvalue weighted by Gasteiger charge is -2.10. The third kappa shape index (κ3) is 4.28. The van der Waals surface area contributed by atoms with E-state index in [1.165, 1.54) is 5.56 Å². The molecule has 106 valence electrons. The monoisotopic (exact) mass is 271 g/mol. The second-order valence-electron chi connectivity index (χ2n) is 4.82. The number of phenolic OH excluding ortho intramolecular Hbond substituents is 1. The fourth-order valence-corrected chi connectivity index (χ4v) is 2.04. The van der Waals surface area contributed by atoms with E-state index in [1.54, 1.807) is 6.07 Å². The summed E-state index contributed by atoms with van der Waals surface area (Å²) in [5.74, 6) is 0.725. The van der Waals surface area contributed by atoms with E-state index in [4.69, 9.17) is 10.5 Å². The Hall–Kier alpha value is -2.00. The van der Waals surface area contributed by atoms with E-state index >= 15 is 0 Å². The molecule has 2 aromatic rings. The lowest BCUT2D eigenvalue weighted by molar-refractivity contribution is 0.288. The van der Waals surface area contributed by atoms with Gasteiger partial charge in [-0.25, -0.2) is 0 Å². The van der Waals surface area contributed by atoms with Gasteiger partial charge in [-0.05, 0) is 49.1 Å². The second-order valence-corrected chi connectivity index (χ2v) is 4.82. The van der Waals surface area contributed by atoms with Crippen molar-refractivity contribution in [1.29, 1.82) is 0 Å². The zero-order valence-corrected chi connectivity index (χ0v) is 11.6. The van der Waals surface area contributed by atoms with Gasteiger partial charge < -0.3 is 15.6 Å². The van der Waals surface area contributed by atoms with Crippen LogP contribution >= 0.6 is 0 Å². The van der Waals surface area contributed by atoms with Crippen molar-refractivity contribution in [2.24, 2.45) is 5.73 Å². The summed E-state index contributed by atoms with van der Waals surface area (Å²) in [6, 6.07) is 15.5. The van der Waals surface area contributed by atoms with Gasteiger partial charge in [0.05, 0.1) is 0 Å². The second kappa shape index (κ2) is 7.56. The van der Waals surface area contributed by atoms with Crippen molar-refractivity contribution in [3.05, 3.63) is 59.7 Å². The summed E-state index contributed by atoms with van der Waals surface area (Å²) in [5, 5.41) is 9.84. The van der Waals surface area contributed by atoms with E-state index in [-0.39, 0.29) is 5.75 Å². The quantitative estimate of drug-likeness (QED) is 0.760. The minimum absolute atomic E-state index is 0.184. The SMILES string of the molecule is NCCCCc1ccc(O)c(OCc2ccccc2)c1. The number of nitrogens with two attached hydrogens (primary N) is 1. The molecule has 0 heterocycles. The highest BCUT2D eigenvalue weighted by Gasteiger charge is 2.04. The van der Waals surface area contributed by atoms with Gasteiger partial charge in [-0.1, -0.05) is 36.4 Å². The normalized spacial score (nSPS) is 10.4. The molecule has 0 amide bonds. The van der Waals surface area contributed by atoms with Crippen molar-refractivity contribution < 1.29 is 9.84 Å². The van der Waals surface area contributed by atoms with Crippen molar-refractivity contribution in [1.82, 2.24) is 0 Å². The lowest BCUT2D eigenvalue weighted by Crippen LogP contribution is -1.99. The van der Waals surface area contributed by atoms with E-state index in [1.807, 2.05) is 42.5 Å². The van der Waals surface area contributed by atoms with Gasteiger partial charge in [-0.2, -0.15) is 0 Å². The molecule has 0 aliphatic heterocycles. The van der Waals surface area contributed by atoms with Crippen molar-refractivity contribution in [3.8, 4) is 11.5 Å². The zero-order valence-electron chi connectivity index (χ0n) is 11.6. The third-order valence-corrected chi connectivity index (χ3v) is 3.18. The minimum atomic E-state index is 0.184. The highest BCUT2D eigenvalue weighted by atomic mass is 16.5. The Morgan fingerprint density at radius 1 is 0.950 bits per heavy atom. The number of ether oxygens (including phenoxy) is 1. The van der Waals surface area contributed by atoms with Gasteiger partial charge in [0.1, 0.15) is 6.61 Å². The van der Waals surface area contributed by atoms with E-state index in [9.17, 15) is 5.11 Å². The van der Waals surface area contributed by atoms with Gasteiger partial charge in [0.15, 0.2) is 11.5 Å². The molecule has 0 radical (unpaired) electrons. The number of benzene rings is 2. The number of unbranched alkanes of at least 4 members (excludes halogenated alkanes) is 1. The average molecular weight is 271 g/mol. The molecule has 20 heavy (non-hydrogen) atoms. The van der Waals surface area contributed by atoms with Gasteiger partial charge >= 0.3 is 0 Å². The summed E-state index contributed by atoms with van der Waals surface area (Å²) < 4.78 is 5.70. The molecule has 3 heteroatoms. The summed E-state index contributed by atoms with van der Waals surface area (Å²) in [4.78, 5) is 0. The van der Waals surface area contributed by atoms with Crippen LogP contribution in [0.15, 0.2) is 48.5 Å². The molecular weight excluding hydrogens is 250 g/mol. The first-order valence-corrected chi connectivity index (χ1v) is 6.98. The van der Waals surface area contributed by atoms with E-state index < -0.39 is 0 Å². The van der Waals surface area contributed by atoms with Crippen molar-refractivity contribution in [2.75, 3.05) is 6.54 Å². The topological polar surface area (TPSA) is 55.5 Å². The van der Waals surface area contributed by atoms with Gasteiger partial charge in [0.25, 0.3) is 0 Å². The molecule has 3 nitrogen and oxygen atoms in total. The predicted molar refractivity (Wildman–Crippen MR) is 80.9 cm³/mol. The van der Waals surface area contributed by atoms with Gasteiger partial charge in [-0.3, -0.25) is 0 Å². The highest BCUT2D eigenvalue weighted by Crippen LogP contribution is 2.28. The Bertz CT molecular complexity index is 526. The van der Waals surface area contributed by atoms with Crippen molar-refractivity contribution in [2.45, 2.75) is 25.9 Å². The summed E-state index contributed by atoms with van der Waals surface area (Å²) >= 11 is 0. The van der Waals surface area contributed by atoms with Crippen LogP contribution in [-0.4, -0.2) is 11.7 Å². The molecule has 0 saturated carbocycles. The summed E-state index contributed by atoms with van der Waals surface area (Å²) in [6.45, 7) is 1.18. The molecule has 0 aliphatic rings. The number of aromatic hydroxyl groups is 1. The van der Waals surface area contributed by atoms with Crippen LogP contribution in [0.25, 0.3) is 0 Å². The maximum atomic E-state index is 9.84. The molecule has 0 spiro atoms. The van der Waals surface area contributed by atoms with Crippen molar-refractivity contribution >= 4 is 0 Å². The Kier molecular flexibility index (Phi) is 5.44. The summed E-state index contributed by atoms with van der Waals surface area (Å²) in [5.41, 5.74) is 7.74. The standard InChI is InChI=1S/C17H21NO2/c18-11-5-4-6-14-9-10-16(19)17(12-14)20-13-15-7-2-1-3-8-15/h1-3,7-10,12,19H,4-6,11,13,18H2. The Morgan fingerprint density at radius 2 is 1.75 bits per heavy atom. The minimum Gasteiger partial charge on any atom is -0.504 e. The molecule has 0 aromatic heterocycles. The Morgan fingerprint density at radius 3 is 2.50 bits per heavy atom. The van der Waals surface area contributed by atoms with Crippen LogP contribution in [0.4, 0.5) is 0 Å². The summed E-state index contributed by atoms with van der Waals surface area (Å²) in [7, 11) is 0. The predicted octanol–water partition coefficient (Wildman–Crippen LogP) is 3.25. The van der Waals surface area contributed by atoms with Gasteiger partial charge in [0.2, 0.25) is 0 Å². The van der Waals surface area contributed by atoms with E-state index in [0.29, 0.717) is 12.4 Å². The number of hydrogen-bond donors (Lipinski definition) is 2. The van der Waals surface area contributed by atoms with Crippen LogP contribution in [0.2, 0.25) is 0 Å². The van der Waals surface area contributed by atoms with Crippen molar-refractivity contribution in [3.63, 3.8) is 0 Å². The molecule has 2 rings (SSSR count). The number of hydrogen-bond acceptors (Lipinski definition) is 3. The Labute approximate surface area is 120 Å². The maximum absolute atomic E-state index is 9.84. The average Bonchev–Trinajstić information content (AvgIpc) is 2.49. The Balaban J connectivity index is 1.97. The fraction of sp³-hybridized carbons (Fsp3) is 0.294. The third-order valence-electron chi connectivity index (χ3n) is 3.18. The molecule has 0 bridgehead atoms. The number of aryl methyl sites for hydroxylation is 1. The molecule has 0 aliphatic carbocycles. The maximum Gasteiger partial charge on any atom is 0.161 e. The van der Waals surface area contributed by atoms with E-state index in [0.717, 1.165) is 31.4 Å². The van der Waals surface area contributed by atoms with Crippen LogP contribution < -0.4 is 10.5 Å². The fourth-order valence-electron chi connectivity index (χ4n) is 2.04. The molecule has 0 atom stereocenters. The molecular formula is C17H21NO2. The number of phenols is 1. The molecule has 3 N–H and O–H groups in total. The molecule has 0 fully saturated rings. The largest absolute Gasteiger partial charge is 0.504 e. The molecule has 2 aromatic carbocycles. The first kappa shape index (κ1) is 14.4. The van der Waals surface area contributed by atoms with E-state index in [2.05, 4.69) is 0 Å². The van der Waals surface area contributed by atoms with Crippen LogP contribution in [-0.2, 0) is 13.0 Å². The first-order chi connectivity index (χ1) is 9.79. The van der Waals surface area contributed by atoms with Gasteiger partial charge in [-0.15, -0.1) is 0 Å². The van der Waals surface area contributed by atoms with Crippen LogP contribution in [0.1, 0.15) is 24.0 Å². The van der Waals surface area contributed by atoms with Crippen LogP contribution in [0.3, 0.4) is 0 Å². The zero-order chi connectivity index (χ0) is 14.2. The summed E-state index contributed by atoms with van der Waals surface area (Å²) in [6.07, 6.45) is 3.03. The smallest absolute Gasteiger partial charge is 0.161 e. The molecule has 0 saturated heterocycles. The van der Waals surface area contributed by atoms with Gasteiger partial charge in [0, 0.05) is 0 Å². The van der Waals surface area contributed by atoms with Crippen LogP contribution in [0, 0.1) is 0 Å². The molecule has 0 unspecified atom stereocenters. The highest BCUT2D eigenvalue weighted by molar-refractivity contribution is 5.42. The first-order valence-electron chi connectivity index (χ1n) is 6.98.